The van der Waals surface area contributed by atoms with E-state index >= 15 is 0 Å². The molecule has 4 nitrogen and oxygen atoms in total. The number of aryl methyl sites for hydroxylation is 1. The Morgan fingerprint density at radius 3 is 3.06 bits per heavy atom. The highest BCUT2D eigenvalue weighted by molar-refractivity contribution is 5.08. The van der Waals surface area contributed by atoms with E-state index in [-0.39, 0.29) is 0 Å². The number of hydrogen-bond donors (Lipinski definition) is 2. The number of aromatic amines is 1. The third kappa shape index (κ3) is 4.48. The largest absolute Gasteiger partial charge is 0.313 e. The predicted molar refractivity (Wildman–Crippen MR) is 69.9 cm³/mol. The second-order valence-electron chi connectivity index (χ2n) is 5.10. The summed E-state index contributed by atoms with van der Waals surface area (Å²) in [4.78, 5) is 2.33. The molecule has 1 fully saturated rings. The van der Waals surface area contributed by atoms with E-state index in [2.05, 4.69) is 40.5 Å². The molecular formula is C13H24N4. The summed E-state index contributed by atoms with van der Waals surface area (Å²) in [5.74, 6) is 0. The average Bonchev–Trinajstić information content (AvgIpc) is 3.01. The van der Waals surface area contributed by atoms with Gasteiger partial charge in [0.2, 0.25) is 0 Å². The van der Waals surface area contributed by atoms with Crippen molar-refractivity contribution in [3.05, 3.63) is 17.5 Å². The van der Waals surface area contributed by atoms with Gasteiger partial charge in [0, 0.05) is 31.4 Å². The number of nitrogens with zero attached hydrogens (tertiary/aromatic N) is 2. The molecule has 1 heterocycles. The Kier molecular flexibility index (Phi) is 4.57. The molecule has 1 aromatic heterocycles. The molecule has 1 aliphatic carbocycles. The molecule has 0 radical (unpaired) electrons. The van der Waals surface area contributed by atoms with Crippen molar-refractivity contribution in [1.82, 2.24) is 20.4 Å². The van der Waals surface area contributed by atoms with Crippen LogP contribution in [0.15, 0.2) is 6.07 Å². The highest BCUT2D eigenvalue weighted by atomic mass is 15.2. The minimum Gasteiger partial charge on any atom is -0.313 e. The molecule has 0 atom stereocenters. The molecule has 96 valence electrons. The minimum atomic E-state index is 0.812. The van der Waals surface area contributed by atoms with E-state index in [0.29, 0.717) is 0 Å². The summed E-state index contributed by atoms with van der Waals surface area (Å²) in [6, 6.07) is 3.00. The van der Waals surface area contributed by atoms with Gasteiger partial charge < -0.3 is 5.32 Å². The SMILES string of the molecule is CCCc1cc(CN(C)CCNC2CC2)[nH]n1. The fourth-order valence-corrected chi connectivity index (χ4v) is 1.99. The van der Waals surface area contributed by atoms with Crippen LogP contribution in [0, 0.1) is 0 Å². The predicted octanol–water partition coefficient (Wildman–Crippen LogP) is 1.55. The van der Waals surface area contributed by atoms with E-state index in [4.69, 9.17) is 0 Å². The minimum absolute atomic E-state index is 0.812. The lowest BCUT2D eigenvalue weighted by Crippen LogP contribution is -2.30. The Labute approximate surface area is 104 Å². The lowest BCUT2D eigenvalue weighted by Gasteiger charge is -2.15. The maximum Gasteiger partial charge on any atom is 0.0625 e. The number of likely N-dealkylation sites (N-methyl/N-ethyl adjacent to an activating group) is 1. The molecule has 0 bridgehead atoms. The van der Waals surface area contributed by atoms with Gasteiger partial charge in [-0.25, -0.2) is 0 Å². The number of hydrogen-bond acceptors (Lipinski definition) is 3. The first-order valence-electron chi connectivity index (χ1n) is 6.73. The number of nitrogens with one attached hydrogen (secondary N) is 2. The van der Waals surface area contributed by atoms with Gasteiger partial charge in [-0.3, -0.25) is 10.00 Å². The first kappa shape index (κ1) is 12.6. The van der Waals surface area contributed by atoms with Crippen LogP contribution in [-0.4, -0.2) is 41.3 Å². The molecule has 0 saturated heterocycles. The number of H-pyrrole nitrogens is 1. The van der Waals surface area contributed by atoms with Gasteiger partial charge in [0.25, 0.3) is 0 Å². The molecule has 17 heavy (non-hydrogen) atoms. The highest BCUT2D eigenvalue weighted by Gasteiger charge is 2.19. The van der Waals surface area contributed by atoms with Crippen molar-refractivity contribution in [1.29, 1.82) is 0 Å². The second kappa shape index (κ2) is 6.17. The monoisotopic (exact) mass is 236 g/mol. The van der Waals surface area contributed by atoms with Crippen LogP contribution in [0.3, 0.4) is 0 Å². The Balaban J connectivity index is 1.66. The zero-order valence-corrected chi connectivity index (χ0v) is 11.0. The van der Waals surface area contributed by atoms with Crippen molar-refractivity contribution in [2.24, 2.45) is 0 Å². The zero-order chi connectivity index (χ0) is 12.1. The van der Waals surface area contributed by atoms with E-state index in [1.54, 1.807) is 0 Å². The van der Waals surface area contributed by atoms with Crippen molar-refractivity contribution in [2.45, 2.75) is 45.2 Å². The number of aromatic nitrogens is 2. The third-order valence-corrected chi connectivity index (χ3v) is 3.13. The molecule has 0 aromatic carbocycles. The lowest BCUT2D eigenvalue weighted by atomic mass is 10.2. The fraction of sp³-hybridized carbons (Fsp3) is 0.769. The maximum absolute atomic E-state index is 4.31. The van der Waals surface area contributed by atoms with E-state index in [0.717, 1.165) is 38.5 Å². The standard InChI is InChI=1S/C13H24N4/c1-3-4-12-9-13(16-15-12)10-17(2)8-7-14-11-5-6-11/h9,11,14H,3-8,10H2,1-2H3,(H,15,16). The van der Waals surface area contributed by atoms with Crippen molar-refractivity contribution >= 4 is 0 Å². The second-order valence-corrected chi connectivity index (χ2v) is 5.10. The number of rotatable bonds is 8. The van der Waals surface area contributed by atoms with Gasteiger partial charge in [-0.15, -0.1) is 0 Å². The van der Waals surface area contributed by atoms with E-state index in [9.17, 15) is 0 Å². The maximum atomic E-state index is 4.31. The third-order valence-electron chi connectivity index (χ3n) is 3.13. The van der Waals surface area contributed by atoms with Crippen molar-refractivity contribution in [3.8, 4) is 0 Å². The van der Waals surface area contributed by atoms with Crippen LogP contribution in [0.5, 0.6) is 0 Å². The van der Waals surface area contributed by atoms with Crippen molar-refractivity contribution < 1.29 is 0 Å². The Hall–Kier alpha value is -0.870. The molecule has 1 saturated carbocycles. The molecule has 0 amide bonds. The van der Waals surface area contributed by atoms with Crippen LogP contribution < -0.4 is 5.32 Å². The normalized spacial score (nSPS) is 15.7. The first-order chi connectivity index (χ1) is 8.28. The van der Waals surface area contributed by atoms with Crippen LogP contribution in [0.4, 0.5) is 0 Å². The van der Waals surface area contributed by atoms with Gasteiger partial charge >= 0.3 is 0 Å². The molecule has 2 rings (SSSR count). The molecule has 1 aromatic rings. The molecule has 0 spiro atoms. The van der Waals surface area contributed by atoms with Gasteiger partial charge in [0.05, 0.1) is 5.69 Å². The Bertz CT molecular complexity index is 330. The lowest BCUT2D eigenvalue weighted by molar-refractivity contribution is 0.320. The van der Waals surface area contributed by atoms with Gasteiger partial charge in [-0.2, -0.15) is 5.10 Å². The molecular weight excluding hydrogens is 212 g/mol. The average molecular weight is 236 g/mol. The van der Waals surface area contributed by atoms with Crippen LogP contribution in [0.25, 0.3) is 0 Å². The summed E-state index contributed by atoms with van der Waals surface area (Å²) in [5, 5.41) is 11.0. The summed E-state index contributed by atoms with van der Waals surface area (Å²) in [6.07, 6.45) is 4.96. The summed E-state index contributed by atoms with van der Waals surface area (Å²) >= 11 is 0. The Morgan fingerprint density at radius 1 is 1.53 bits per heavy atom. The first-order valence-corrected chi connectivity index (χ1v) is 6.73. The Morgan fingerprint density at radius 2 is 2.35 bits per heavy atom. The van der Waals surface area contributed by atoms with E-state index in [1.807, 2.05) is 0 Å². The van der Waals surface area contributed by atoms with Gasteiger partial charge in [0.1, 0.15) is 0 Å². The fourth-order valence-electron chi connectivity index (χ4n) is 1.99. The van der Waals surface area contributed by atoms with Gasteiger partial charge in [-0.1, -0.05) is 13.3 Å². The summed E-state index contributed by atoms with van der Waals surface area (Å²) < 4.78 is 0. The zero-order valence-electron chi connectivity index (χ0n) is 11.0. The quantitative estimate of drug-likeness (QED) is 0.719. The molecule has 4 heteroatoms. The topological polar surface area (TPSA) is 44.0 Å². The van der Waals surface area contributed by atoms with Crippen LogP contribution >= 0.6 is 0 Å². The summed E-state index contributed by atoms with van der Waals surface area (Å²) in [7, 11) is 2.16. The van der Waals surface area contributed by atoms with Gasteiger partial charge in [0.15, 0.2) is 0 Å². The smallest absolute Gasteiger partial charge is 0.0625 e. The van der Waals surface area contributed by atoms with Gasteiger partial charge in [-0.05, 0) is 32.4 Å². The summed E-state index contributed by atoms with van der Waals surface area (Å²) in [5.41, 5.74) is 2.41. The van der Waals surface area contributed by atoms with Crippen LogP contribution in [-0.2, 0) is 13.0 Å². The summed E-state index contributed by atoms with van der Waals surface area (Å²) in [6.45, 7) is 5.34. The van der Waals surface area contributed by atoms with E-state index < -0.39 is 0 Å². The van der Waals surface area contributed by atoms with Crippen molar-refractivity contribution in [3.63, 3.8) is 0 Å². The molecule has 0 unspecified atom stereocenters. The van der Waals surface area contributed by atoms with E-state index in [1.165, 1.54) is 24.2 Å². The van der Waals surface area contributed by atoms with Crippen LogP contribution in [0.1, 0.15) is 37.6 Å². The highest BCUT2D eigenvalue weighted by Crippen LogP contribution is 2.18. The molecule has 0 aliphatic heterocycles. The van der Waals surface area contributed by atoms with Crippen LogP contribution in [0.2, 0.25) is 0 Å². The molecule has 2 N–H and O–H groups in total. The molecule has 1 aliphatic rings. The van der Waals surface area contributed by atoms with Crippen molar-refractivity contribution in [2.75, 3.05) is 20.1 Å².